The van der Waals surface area contributed by atoms with Crippen molar-refractivity contribution in [2.45, 2.75) is 52.5 Å². The van der Waals surface area contributed by atoms with E-state index in [4.69, 9.17) is 21.3 Å². The Labute approximate surface area is 210 Å². The number of carbonyl (C=O) groups is 1. The number of ether oxygens (including phenoxy) is 1. The van der Waals surface area contributed by atoms with E-state index in [1.807, 2.05) is 35.0 Å². The molecule has 2 heterocycles. The molecule has 184 valence electrons. The molecule has 0 saturated heterocycles. The summed E-state index contributed by atoms with van der Waals surface area (Å²) in [4.78, 5) is 23.7. The quantitative estimate of drug-likeness (QED) is 0.299. The molecule has 3 rings (SSSR count). The van der Waals surface area contributed by atoms with E-state index in [2.05, 4.69) is 29.5 Å². The van der Waals surface area contributed by atoms with Crippen molar-refractivity contribution in [2.24, 2.45) is 0 Å². The fourth-order valence-corrected chi connectivity index (χ4v) is 4.49. The van der Waals surface area contributed by atoms with Gasteiger partial charge in [-0.05, 0) is 37.5 Å². The van der Waals surface area contributed by atoms with Gasteiger partial charge in [-0.15, -0.1) is 11.3 Å². The second-order valence-corrected chi connectivity index (χ2v) is 9.88. The number of imidazole rings is 1. The molecule has 1 amide bonds. The summed E-state index contributed by atoms with van der Waals surface area (Å²) >= 11 is 7.77. The van der Waals surface area contributed by atoms with E-state index >= 15 is 0 Å². The Hall–Kier alpha value is -2.42. The predicted molar refractivity (Wildman–Crippen MR) is 139 cm³/mol. The van der Waals surface area contributed by atoms with Gasteiger partial charge < -0.3 is 19.9 Å². The van der Waals surface area contributed by atoms with Gasteiger partial charge in [0.25, 0.3) is 5.91 Å². The highest BCUT2D eigenvalue weighted by atomic mass is 35.5. The Morgan fingerprint density at radius 1 is 1.18 bits per heavy atom. The Bertz CT molecular complexity index is 1050. The minimum Gasteiger partial charge on any atom is -0.381 e. The van der Waals surface area contributed by atoms with E-state index in [0.717, 1.165) is 48.7 Å². The number of aromatic nitrogens is 3. The number of nitrogens with zero attached hydrogens (tertiary/aromatic N) is 3. The van der Waals surface area contributed by atoms with Gasteiger partial charge in [0.2, 0.25) is 0 Å². The molecular formula is C25H34ClN5O2S. The van der Waals surface area contributed by atoms with Crippen molar-refractivity contribution in [3.8, 4) is 0 Å². The molecular weight excluding hydrogens is 470 g/mol. The molecule has 1 aromatic carbocycles. The second kappa shape index (κ2) is 13.5. The average molecular weight is 504 g/mol. The van der Waals surface area contributed by atoms with E-state index < -0.39 is 0 Å². The number of nitrogens with one attached hydrogen (secondary N) is 2. The molecule has 9 heteroatoms. The molecule has 34 heavy (non-hydrogen) atoms. The number of thiazole rings is 1. The molecule has 0 aliphatic carbocycles. The van der Waals surface area contributed by atoms with Crippen molar-refractivity contribution >= 4 is 34.7 Å². The lowest BCUT2D eigenvalue weighted by Crippen LogP contribution is -2.29. The zero-order valence-corrected chi connectivity index (χ0v) is 21.8. The Morgan fingerprint density at radius 2 is 1.94 bits per heavy atom. The zero-order valence-electron chi connectivity index (χ0n) is 20.2. The summed E-state index contributed by atoms with van der Waals surface area (Å²) in [6, 6.07) is 7.68. The molecule has 3 aromatic rings. The molecule has 0 aliphatic heterocycles. The first kappa shape index (κ1) is 26.2. The standard InChI is InChI=1S/C25H34ClN5O2S/c1-4-5-14-33-15-6-13-28-25(32)23-24(27-3)30-21(11-12-22-29-16-18(2)34-22)31(23)17-19-7-9-20(26)10-8-19/h7-10,16,27H,4-6,11-15,17H2,1-3H3,(H,28,32). The molecule has 0 atom stereocenters. The van der Waals surface area contributed by atoms with Crippen LogP contribution in [-0.4, -0.2) is 47.2 Å². The van der Waals surface area contributed by atoms with E-state index in [0.29, 0.717) is 42.7 Å². The fraction of sp³-hybridized carbons (Fsp3) is 0.480. The number of amides is 1. The molecule has 0 saturated carbocycles. The van der Waals surface area contributed by atoms with E-state index in [-0.39, 0.29) is 5.91 Å². The van der Waals surface area contributed by atoms with Crippen LogP contribution in [0.1, 0.15) is 57.9 Å². The molecule has 0 spiro atoms. The van der Waals surface area contributed by atoms with Crippen molar-refractivity contribution in [2.75, 3.05) is 32.1 Å². The van der Waals surface area contributed by atoms with E-state index in [9.17, 15) is 4.79 Å². The number of rotatable bonds is 14. The number of carbonyl (C=O) groups excluding carboxylic acids is 1. The third-order valence-corrected chi connectivity index (χ3v) is 6.60. The largest absolute Gasteiger partial charge is 0.381 e. The first-order valence-corrected chi connectivity index (χ1v) is 13.0. The number of anilines is 1. The van der Waals surface area contributed by atoms with Crippen molar-refractivity contribution in [3.05, 3.63) is 62.5 Å². The summed E-state index contributed by atoms with van der Waals surface area (Å²) in [5.41, 5.74) is 1.59. The van der Waals surface area contributed by atoms with Gasteiger partial charge in [-0.2, -0.15) is 0 Å². The van der Waals surface area contributed by atoms with Crippen LogP contribution in [0.15, 0.2) is 30.5 Å². The predicted octanol–water partition coefficient (Wildman–Crippen LogP) is 5.11. The fourth-order valence-electron chi connectivity index (χ4n) is 3.58. The number of hydrogen-bond acceptors (Lipinski definition) is 6. The highest BCUT2D eigenvalue weighted by Gasteiger charge is 2.23. The molecule has 2 aromatic heterocycles. The number of halogens is 1. The molecule has 0 fully saturated rings. The summed E-state index contributed by atoms with van der Waals surface area (Å²) in [5.74, 6) is 1.28. The topological polar surface area (TPSA) is 81.1 Å². The minimum atomic E-state index is -0.143. The van der Waals surface area contributed by atoms with Gasteiger partial charge in [-0.3, -0.25) is 4.79 Å². The summed E-state index contributed by atoms with van der Waals surface area (Å²) in [5, 5.41) is 7.90. The van der Waals surface area contributed by atoms with Crippen LogP contribution >= 0.6 is 22.9 Å². The van der Waals surface area contributed by atoms with Gasteiger partial charge in [0, 0.05) is 62.3 Å². The number of aryl methyl sites for hydroxylation is 3. The molecule has 0 unspecified atom stereocenters. The maximum Gasteiger partial charge on any atom is 0.271 e. The number of benzene rings is 1. The maximum atomic E-state index is 13.2. The van der Waals surface area contributed by atoms with Crippen LogP contribution in [-0.2, 0) is 24.1 Å². The normalized spacial score (nSPS) is 11.1. The Morgan fingerprint density at radius 3 is 2.62 bits per heavy atom. The first-order chi connectivity index (χ1) is 16.5. The van der Waals surface area contributed by atoms with Crippen molar-refractivity contribution in [1.82, 2.24) is 19.9 Å². The van der Waals surface area contributed by atoms with Crippen molar-refractivity contribution < 1.29 is 9.53 Å². The van der Waals surface area contributed by atoms with Crippen LogP contribution in [0.25, 0.3) is 0 Å². The van der Waals surface area contributed by atoms with Crippen LogP contribution in [0.5, 0.6) is 0 Å². The van der Waals surface area contributed by atoms with Crippen molar-refractivity contribution in [3.63, 3.8) is 0 Å². The highest BCUT2D eigenvalue weighted by molar-refractivity contribution is 7.11. The maximum absolute atomic E-state index is 13.2. The van der Waals surface area contributed by atoms with Crippen LogP contribution in [0.4, 0.5) is 5.82 Å². The summed E-state index contributed by atoms with van der Waals surface area (Å²) in [6.45, 7) is 6.68. The lowest BCUT2D eigenvalue weighted by atomic mass is 10.2. The van der Waals surface area contributed by atoms with Crippen LogP contribution in [0.3, 0.4) is 0 Å². The lowest BCUT2D eigenvalue weighted by Gasteiger charge is -2.13. The molecule has 7 nitrogen and oxygen atoms in total. The van der Waals surface area contributed by atoms with Gasteiger partial charge >= 0.3 is 0 Å². The first-order valence-electron chi connectivity index (χ1n) is 11.8. The average Bonchev–Trinajstić information content (AvgIpc) is 3.41. The molecule has 0 radical (unpaired) electrons. The molecule has 2 N–H and O–H groups in total. The van der Waals surface area contributed by atoms with Crippen molar-refractivity contribution in [1.29, 1.82) is 0 Å². The third-order valence-electron chi connectivity index (χ3n) is 5.38. The van der Waals surface area contributed by atoms with E-state index in [1.54, 1.807) is 18.4 Å². The molecule has 0 aliphatic rings. The lowest BCUT2D eigenvalue weighted by molar-refractivity contribution is 0.0932. The van der Waals surface area contributed by atoms with Gasteiger partial charge in [0.05, 0.1) is 5.01 Å². The molecule has 0 bridgehead atoms. The third kappa shape index (κ3) is 7.55. The summed E-state index contributed by atoms with van der Waals surface area (Å²) in [7, 11) is 1.79. The summed E-state index contributed by atoms with van der Waals surface area (Å²) in [6.07, 6.45) is 6.30. The van der Waals surface area contributed by atoms with Gasteiger partial charge in [0.1, 0.15) is 5.82 Å². The van der Waals surface area contributed by atoms with Gasteiger partial charge in [-0.25, -0.2) is 9.97 Å². The highest BCUT2D eigenvalue weighted by Crippen LogP contribution is 2.22. The van der Waals surface area contributed by atoms with E-state index in [1.165, 1.54) is 4.88 Å². The van der Waals surface area contributed by atoms with Crippen LogP contribution in [0, 0.1) is 6.92 Å². The summed E-state index contributed by atoms with van der Waals surface area (Å²) < 4.78 is 7.60. The monoisotopic (exact) mass is 503 g/mol. The SMILES string of the molecule is CCCCOCCCNC(=O)c1c(NC)nc(CCc2ncc(C)s2)n1Cc1ccc(Cl)cc1. The van der Waals surface area contributed by atoms with Gasteiger partial charge in [0.15, 0.2) is 11.5 Å². The Balaban J connectivity index is 1.77. The minimum absolute atomic E-state index is 0.143. The number of hydrogen-bond donors (Lipinski definition) is 2. The van der Waals surface area contributed by atoms with Crippen LogP contribution < -0.4 is 10.6 Å². The zero-order chi connectivity index (χ0) is 24.3. The second-order valence-electron chi connectivity index (χ2n) is 8.13. The van der Waals surface area contributed by atoms with Gasteiger partial charge in [-0.1, -0.05) is 37.1 Å². The Kier molecular flexibility index (Phi) is 10.4. The van der Waals surface area contributed by atoms with Crippen LogP contribution in [0.2, 0.25) is 5.02 Å². The number of unbranched alkanes of at least 4 members (excludes halogenated alkanes) is 1. The smallest absolute Gasteiger partial charge is 0.271 e.